The van der Waals surface area contributed by atoms with Crippen LogP contribution in [-0.2, 0) is 5.41 Å². The molecule has 302 valence electrons. The van der Waals surface area contributed by atoms with Crippen LogP contribution in [0.4, 0.5) is 0 Å². The van der Waals surface area contributed by atoms with Gasteiger partial charge in [0.2, 0.25) is 0 Å². The standard InChI is InChI=1S/C60H40N2O2/c1-10-28-60(29-11-1)50-30-36(37-21-25-43-41-12-2-6-16-52(41)61(54(43)31-37)38-23-27-58-49(32-38)45-15-5-9-19-57(45)63-58)20-24-40(50)47-35-55-48(34-51(47)60)42-13-3-7-17-53(42)62(55)39-22-26-46-44-14-4-8-18-56(44)64-59(46)33-39/h2-9,12-27,30-35H,1,10-11,28-29H2. The van der Waals surface area contributed by atoms with Crippen molar-refractivity contribution < 1.29 is 8.83 Å². The first-order chi connectivity index (χ1) is 31.7. The van der Waals surface area contributed by atoms with E-state index in [1.165, 1.54) is 109 Å². The lowest BCUT2D eigenvalue weighted by Crippen LogP contribution is -2.28. The van der Waals surface area contributed by atoms with Crippen LogP contribution in [0.25, 0.3) is 121 Å². The van der Waals surface area contributed by atoms with Crippen molar-refractivity contribution in [2.24, 2.45) is 0 Å². The number of fused-ring (bicyclic) bond motifs is 17. The Morgan fingerprint density at radius 2 is 0.859 bits per heavy atom. The zero-order valence-corrected chi connectivity index (χ0v) is 35.1. The summed E-state index contributed by atoms with van der Waals surface area (Å²) in [5.74, 6) is 0. The van der Waals surface area contributed by atoms with E-state index in [0.717, 1.165) is 55.3 Å². The third kappa shape index (κ3) is 4.62. The molecule has 13 aromatic rings. The molecule has 1 spiro atoms. The molecular weight excluding hydrogens is 781 g/mol. The van der Waals surface area contributed by atoms with Gasteiger partial charge in [-0.1, -0.05) is 116 Å². The summed E-state index contributed by atoms with van der Waals surface area (Å²) >= 11 is 0. The van der Waals surface area contributed by atoms with E-state index in [4.69, 9.17) is 8.83 Å². The highest BCUT2D eigenvalue weighted by molar-refractivity contribution is 6.14. The van der Waals surface area contributed by atoms with Crippen molar-refractivity contribution in [2.45, 2.75) is 37.5 Å². The molecule has 1 fully saturated rings. The van der Waals surface area contributed by atoms with Crippen LogP contribution in [0.1, 0.15) is 43.2 Å². The Kier molecular flexibility index (Phi) is 6.86. The zero-order valence-electron chi connectivity index (χ0n) is 35.1. The molecule has 0 atom stereocenters. The predicted octanol–water partition coefficient (Wildman–Crippen LogP) is 16.6. The molecule has 0 unspecified atom stereocenters. The number of furan rings is 2. The van der Waals surface area contributed by atoms with Crippen LogP contribution >= 0.6 is 0 Å². The Hall–Kier alpha value is -7.82. The van der Waals surface area contributed by atoms with Gasteiger partial charge in [0.05, 0.1) is 22.1 Å². The van der Waals surface area contributed by atoms with Gasteiger partial charge < -0.3 is 18.0 Å². The van der Waals surface area contributed by atoms with Gasteiger partial charge in [-0.2, -0.15) is 0 Å². The van der Waals surface area contributed by atoms with Crippen LogP contribution in [0.2, 0.25) is 0 Å². The van der Waals surface area contributed by atoms with E-state index in [1.807, 2.05) is 12.1 Å². The third-order valence-corrected chi connectivity index (χ3v) is 15.1. The molecule has 4 aromatic heterocycles. The fraction of sp³-hybridized carbons (Fsp3) is 0.100. The van der Waals surface area contributed by atoms with Crippen molar-refractivity contribution in [3.8, 4) is 33.6 Å². The lowest BCUT2D eigenvalue weighted by molar-refractivity contribution is 0.353. The smallest absolute Gasteiger partial charge is 0.137 e. The first-order valence-electron chi connectivity index (χ1n) is 22.8. The van der Waals surface area contributed by atoms with E-state index in [-0.39, 0.29) is 5.41 Å². The fourth-order valence-corrected chi connectivity index (χ4v) is 12.2. The minimum absolute atomic E-state index is 0.0225. The van der Waals surface area contributed by atoms with Gasteiger partial charge >= 0.3 is 0 Å². The quantitative estimate of drug-likeness (QED) is 0.178. The number of hydrogen-bond acceptors (Lipinski definition) is 2. The molecule has 4 nitrogen and oxygen atoms in total. The third-order valence-electron chi connectivity index (χ3n) is 15.1. The van der Waals surface area contributed by atoms with Crippen LogP contribution in [0.3, 0.4) is 0 Å². The summed E-state index contributed by atoms with van der Waals surface area (Å²) in [5, 5.41) is 9.70. The number of nitrogens with zero attached hydrogens (tertiary/aromatic N) is 2. The molecule has 1 saturated carbocycles. The average molecular weight is 821 g/mol. The molecule has 4 heterocycles. The van der Waals surface area contributed by atoms with Crippen LogP contribution < -0.4 is 0 Å². The fourth-order valence-electron chi connectivity index (χ4n) is 12.2. The summed E-state index contributed by atoms with van der Waals surface area (Å²) in [6.07, 6.45) is 6.11. The summed E-state index contributed by atoms with van der Waals surface area (Å²) < 4.78 is 17.6. The number of benzene rings is 9. The van der Waals surface area contributed by atoms with Crippen LogP contribution in [-0.4, -0.2) is 9.13 Å². The summed E-state index contributed by atoms with van der Waals surface area (Å²) in [6.45, 7) is 0. The summed E-state index contributed by atoms with van der Waals surface area (Å²) in [4.78, 5) is 0. The summed E-state index contributed by atoms with van der Waals surface area (Å²) in [7, 11) is 0. The van der Waals surface area contributed by atoms with Gasteiger partial charge in [0, 0.05) is 65.9 Å². The Balaban J connectivity index is 0.917. The molecule has 2 aliphatic carbocycles. The van der Waals surface area contributed by atoms with Crippen molar-refractivity contribution in [1.29, 1.82) is 0 Å². The lowest BCUT2D eigenvalue weighted by Gasteiger charge is -2.36. The van der Waals surface area contributed by atoms with Crippen molar-refractivity contribution in [2.75, 3.05) is 0 Å². The molecule has 9 aromatic carbocycles. The van der Waals surface area contributed by atoms with Gasteiger partial charge in [-0.25, -0.2) is 0 Å². The van der Waals surface area contributed by atoms with E-state index >= 15 is 0 Å². The maximum atomic E-state index is 6.43. The maximum absolute atomic E-state index is 6.43. The van der Waals surface area contributed by atoms with Crippen LogP contribution in [0.5, 0.6) is 0 Å². The Labute approximate surface area is 368 Å². The van der Waals surface area contributed by atoms with Gasteiger partial charge in [-0.15, -0.1) is 0 Å². The highest BCUT2D eigenvalue weighted by Gasteiger charge is 2.44. The first-order valence-corrected chi connectivity index (χ1v) is 22.8. The molecule has 0 bridgehead atoms. The molecule has 64 heavy (non-hydrogen) atoms. The molecule has 0 aliphatic heterocycles. The second-order valence-electron chi connectivity index (χ2n) is 18.3. The molecule has 4 heteroatoms. The van der Waals surface area contributed by atoms with E-state index in [2.05, 4.69) is 179 Å². The Morgan fingerprint density at radius 3 is 1.64 bits per heavy atom. The zero-order chi connectivity index (χ0) is 41.7. The molecular formula is C60H40N2O2. The molecule has 2 aliphatic rings. The highest BCUT2D eigenvalue weighted by atomic mass is 16.3. The molecule has 0 saturated heterocycles. The predicted molar refractivity (Wildman–Crippen MR) is 264 cm³/mol. The van der Waals surface area contributed by atoms with Gasteiger partial charge in [-0.3, -0.25) is 0 Å². The SMILES string of the molecule is c1ccc2c(c1)oc1cc(-n3c4ccccc4c4cc5c(cc43)-c3ccc(-c4ccc6c7ccccc7n(-c7ccc8oc9ccccc9c8c7)c6c4)cc3C53CCCCC3)ccc12. The Bertz CT molecular complexity index is 4130. The van der Waals surface area contributed by atoms with Gasteiger partial charge in [0.15, 0.2) is 0 Å². The van der Waals surface area contributed by atoms with E-state index in [0.29, 0.717) is 0 Å². The summed E-state index contributed by atoms with van der Waals surface area (Å²) in [5.41, 5.74) is 19.0. The minimum atomic E-state index is -0.0225. The van der Waals surface area contributed by atoms with E-state index < -0.39 is 0 Å². The topological polar surface area (TPSA) is 36.1 Å². The number of hydrogen-bond donors (Lipinski definition) is 0. The Morgan fingerprint density at radius 1 is 0.328 bits per heavy atom. The highest BCUT2D eigenvalue weighted by Crippen LogP contribution is 2.58. The molecule has 15 rings (SSSR count). The second-order valence-corrected chi connectivity index (χ2v) is 18.3. The van der Waals surface area contributed by atoms with Crippen LogP contribution in [0, 0.1) is 0 Å². The van der Waals surface area contributed by atoms with Crippen LogP contribution in [0.15, 0.2) is 191 Å². The number of para-hydroxylation sites is 4. The van der Waals surface area contributed by atoms with Gasteiger partial charge in [0.1, 0.15) is 22.3 Å². The largest absolute Gasteiger partial charge is 0.456 e. The first kappa shape index (κ1) is 34.7. The van der Waals surface area contributed by atoms with Crippen molar-refractivity contribution in [3.63, 3.8) is 0 Å². The average Bonchev–Trinajstić information content (AvgIpc) is 4.14. The normalized spacial score (nSPS) is 14.7. The van der Waals surface area contributed by atoms with Gasteiger partial charge in [-0.05, 0) is 125 Å². The molecule has 0 N–H and O–H groups in total. The molecule has 0 radical (unpaired) electrons. The lowest BCUT2D eigenvalue weighted by atomic mass is 9.67. The van der Waals surface area contributed by atoms with E-state index in [1.54, 1.807) is 0 Å². The van der Waals surface area contributed by atoms with Crippen molar-refractivity contribution in [3.05, 3.63) is 193 Å². The minimum Gasteiger partial charge on any atom is -0.456 e. The van der Waals surface area contributed by atoms with Crippen molar-refractivity contribution in [1.82, 2.24) is 9.13 Å². The monoisotopic (exact) mass is 820 g/mol. The number of rotatable bonds is 3. The summed E-state index contributed by atoms with van der Waals surface area (Å²) in [6, 6.07) is 67.4. The van der Waals surface area contributed by atoms with Crippen molar-refractivity contribution >= 4 is 87.5 Å². The molecule has 0 amide bonds. The second kappa shape index (κ2) is 12.6. The van der Waals surface area contributed by atoms with E-state index in [9.17, 15) is 0 Å². The van der Waals surface area contributed by atoms with Gasteiger partial charge in [0.25, 0.3) is 0 Å². The maximum Gasteiger partial charge on any atom is 0.137 e. The number of aromatic nitrogens is 2.